The zero-order chi connectivity index (χ0) is 12.2. The Hall–Kier alpha value is -1.57. The van der Waals surface area contributed by atoms with E-state index in [1.165, 1.54) is 7.11 Å². The van der Waals surface area contributed by atoms with Crippen LogP contribution >= 0.6 is 0 Å². The zero-order valence-corrected chi connectivity index (χ0v) is 10.1. The van der Waals surface area contributed by atoms with Gasteiger partial charge >= 0.3 is 5.97 Å². The molecule has 0 aliphatic heterocycles. The molecule has 1 aromatic carbocycles. The van der Waals surface area contributed by atoms with Crippen LogP contribution in [0.15, 0.2) is 43.0 Å². The summed E-state index contributed by atoms with van der Waals surface area (Å²) in [4.78, 5) is 11.7. The van der Waals surface area contributed by atoms with Crippen LogP contribution in [0.25, 0.3) is 0 Å². The Morgan fingerprint density at radius 3 is 2.38 bits per heavy atom. The van der Waals surface area contributed by atoms with E-state index in [4.69, 9.17) is 4.74 Å². The molecular formula is C14H18O2. The van der Waals surface area contributed by atoms with Gasteiger partial charge in [-0.25, -0.2) is 0 Å². The predicted molar refractivity (Wildman–Crippen MR) is 65.2 cm³/mol. The first kappa shape index (κ1) is 12.5. The molecule has 0 aromatic heterocycles. The lowest BCUT2D eigenvalue weighted by Crippen LogP contribution is -2.31. The third-order valence-corrected chi connectivity index (χ3v) is 2.88. The van der Waals surface area contributed by atoms with Crippen LogP contribution in [0.4, 0.5) is 0 Å². The van der Waals surface area contributed by atoms with Crippen molar-refractivity contribution >= 4 is 5.97 Å². The minimum atomic E-state index is -0.599. The molecule has 0 N–H and O–H groups in total. The van der Waals surface area contributed by atoms with Gasteiger partial charge in [0.05, 0.1) is 12.5 Å². The molecule has 0 bridgehead atoms. The van der Waals surface area contributed by atoms with Crippen molar-refractivity contribution in [3.05, 3.63) is 48.6 Å². The van der Waals surface area contributed by atoms with Gasteiger partial charge in [0.1, 0.15) is 0 Å². The highest BCUT2D eigenvalue weighted by Gasteiger charge is 2.36. The fourth-order valence-corrected chi connectivity index (χ4v) is 1.90. The van der Waals surface area contributed by atoms with Crippen molar-refractivity contribution in [2.45, 2.75) is 19.8 Å². The average molecular weight is 218 g/mol. The first-order valence-electron chi connectivity index (χ1n) is 5.30. The summed E-state index contributed by atoms with van der Waals surface area (Å²) in [6, 6.07) is 9.86. The Morgan fingerprint density at radius 1 is 1.38 bits per heavy atom. The summed E-state index contributed by atoms with van der Waals surface area (Å²) in [5.41, 5.74) is 0.477. The van der Waals surface area contributed by atoms with E-state index < -0.39 is 5.41 Å². The van der Waals surface area contributed by atoms with E-state index in [1.807, 2.05) is 44.2 Å². The van der Waals surface area contributed by atoms with Crippen LogP contribution in [0.3, 0.4) is 0 Å². The van der Waals surface area contributed by atoms with E-state index in [0.29, 0.717) is 0 Å². The number of rotatable bonds is 4. The minimum absolute atomic E-state index is 0.0406. The molecular weight excluding hydrogens is 200 g/mol. The quantitative estimate of drug-likeness (QED) is 0.573. The number of allylic oxidation sites excluding steroid dienone is 1. The Kier molecular flexibility index (Phi) is 3.88. The van der Waals surface area contributed by atoms with Crippen LogP contribution in [0.5, 0.6) is 0 Å². The molecule has 0 heterocycles. The lowest BCUT2D eigenvalue weighted by Gasteiger charge is -2.29. The van der Waals surface area contributed by atoms with Crippen LogP contribution in [0.2, 0.25) is 0 Å². The summed E-state index contributed by atoms with van der Waals surface area (Å²) in [6.07, 6.45) is 1.80. The lowest BCUT2D eigenvalue weighted by atomic mass is 9.75. The fourth-order valence-electron chi connectivity index (χ4n) is 1.90. The Morgan fingerprint density at radius 2 is 1.94 bits per heavy atom. The molecule has 0 aliphatic rings. The molecule has 1 rings (SSSR count). The Balaban J connectivity index is 3.08. The highest BCUT2D eigenvalue weighted by Crippen LogP contribution is 2.37. The number of hydrogen-bond acceptors (Lipinski definition) is 2. The molecule has 0 fully saturated rings. The van der Waals surface area contributed by atoms with Gasteiger partial charge in [-0.05, 0) is 19.4 Å². The summed E-state index contributed by atoms with van der Waals surface area (Å²) in [7, 11) is 1.41. The molecule has 1 aromatic rings. The topological polar surface area (TPSA) is 26.3 Å². The standard InChI is InChI=1S/C14H18O2/c1-5-12(11-9-7-6-8-10-11)14(2,3)13(15)16-4/h5-10,12H,1H2,2-4H3/t12-/m0/s1. The van der Waals surface area contributed by atoms with Gasteiger partial charge in [0.2, 0.25) is 0 Å². The predicted octanol–water partition coefficient (Wildman–Crippen LogP) is 3.16. The number of methoxy groups -OCH3 is 1. The number of ether oxygens (including phenoxy) is 1. The summed E-state index contributed by atoms with van der Waals surface area (Å²) >= 11 is 0. The molecule has 86 valence electrons. The molecule has 0 spiro atoms. The highest BCUT2D eigenvalue weighted by atomic mass is 16.5. The molecule has 2 nitrogen and oxygen atoms in total. The van der Waals surface area contributed by atoms with E-state index in [-0.39, 0.29) is 11.9 Å². The Bertz CT molecular complexity index is 366. The first-order valence-corrected chi connectivity index (χ1v) is 5.30. The van der Waals surface area contributed by atoms with Gasteiger partial charge in [0.25, 0.3) is 0 Å². The van der Waals surface area contributed by atoms with Crippen molar-refractivity contribution in [2.24, 2.45) is 5.41 Å². The molecule has 2 heteroatoms. The van der Waals surface area contributed by atoms with E-state index in [9.17, 15) is 4.79 Å². The van der Waals surface area contributed by atoms with E-state index >= 15 is 0 Å². The molecule has 0 saturated carbocycles. The number of carbonyl (C=O) groups excluding carboxylic acids is 1. The third-order valence-electron chi connectivity index (χ3n) is 2.88. The number of benzene rings is 1. The van der Waals surface area contributed by atoms with Crippen molar-refractivity contribution in [2.75, 3.05) is 7.11 Å². The van der Waals surface area contributed by atoms with E-state index in [2.05, 4.69) is 6.58 Å². The Labute approximate surface area is 96.9 Å². The maximum absolute atomic E-state index is 11.7. The SMILES string of the molecule is C=C[C@@H](c1ccccc1)C(C)(C)C(=O)OC. The molecule has 0 amide bonds. The van der Waals surface area contributed by atoms with Crippen LogP contribution in [0, 0.1) is 5.41 Å². The molecule has 16 heavy (non-hydrogen) atoms. The largest absolute Gasteiger partial charge is 0.469 e. The van der Waals surface area contributed by atoms with Gasteiger partial charge in [-0.2, -0.15) is 0 Å². The second-order valence-corrected chi connectivity index (χ2v) is 4.34. The van der Waals surface area contributed by atoms with Crippen molar-refractivity contribution < 1.29 is 9.53 Å². The minimum Gasteiger partial charge on any atom is -0.469 e. The van der Waals surface area contributed by atoms with E-state index in [0.717, 1.165) is 5.56 Å². The maximum Gasteiger partial charge on any atom is 0.312 e. The van der Waals surface area contributed by atoms with Gasteiger partial charge in [0, 0.05) is 5.92 Å². The maximum atomic E-state index is 11.7. The lowest BCUT2D eigenvalue weighted by molar-refractivity contribution is -0.151. The van der Waals surface area contributed by atoms with Crippen LogP contribution in [-0.4, -0.2) is 13.1 Å². The first-order chi connectivity index (χ1) is 7.54. The summed E-state index contributed by atoms with van der Waals surface area (Å²) in [5.74, 6) is -0.262. The zero-order valence-electron chi connectivity index (χ0n) is 10.1. The second kappa shape index (κ2) is 4.97. The summed E-state index contributed by atoms with van der Waals surface area (Å²) < 4.78 is 4.83. The monoisotopic (exact) mass is 218 g/mol. The van der Waals surface area contributed by atoms with E-state index in [1.54, 1.807) is 6.08 Å². The molecule has 0 radical (unpaired) electrons. The second-order valence-electron chi connectivity index (χ2n) is 4.34. The molecule has 0 saturated heterocycles. The van der Waals surface area contributed by atoms with Gasteiger partial charge in [-0.3, -0.25) is 4.79 Å². The summed E-state index contributed by atoms with van der Waals surface area (Å²) in [5, 5.41) is 0. The van der Waals surface area contributed by atoms with Crippen LogP contribution in [-0.2, 0) is 9.53 Å². The number of esters is 1. The van der Waals surface area contributed by atoms with Crippen LogP contribution < -0.4 is 0 Å². The molecule has 1 atom stereocenters. The molecule has 0 aliphatic carbocycles. The van der Waals surface area contributed by atoms with Crippen molar-refractivity contribution in [3.8, 4) is 0 Å². The van der Waals surface area contributed by atoms with Crippen LogP contribution in [0.1, 0.15) is 25.3 Å². The average Bonchev–Trinajstić information content (AvgIpc) is 2.30. The highest BCUT2D eigenvalue weighted by molar-refractivity contribution is 5.77. The fraction of sp³-hybridized carbons (Fsp3) is 0.357. The van der Waals surface area contributed by atoms with Gasteiger partial charge in [0.15, 0.2) is 0 Å². The normalized spacial score (nSPS) is 12.9. The number of carbonyl (C=O) groups is 1. The third kappa shape index (κ3) is 2.32. The summed E-state index contributed by atoms with van der Waals surface area (Å²) in [6.45, 7) is 7.56. The van der Waals surface area contributed by atoms with Crippen molar-refractivity contribution in [1.82, 2.24) is 0 Å². The van der Waals surface area contributed by atoms with Gasteiger partial charge < -0.3 is 4.74 Å². The smallest absolute Gasteiger partial charge is 0.312 e. The number of hydrogen-bond donors (Lipinski definition) is 0. The van der Waals surface area contributed by atoms with Gasteiger partial charge in [-0.1, -0.05) is 36.4 Å². The van der Waals surface area contributed by atoms with Crippen molar-refractivity contribution in [1.29, 1.82) is 0 Å². The molecule has 0 unspecified atom stereocenters. The van der Waals surface area contributed by atoms with Gasteiger partial charge in [-0.15, -0.1) is 6.58 Å². The van der Waals surface area contributed by atoms with Crippen molar-refractivity contribution in [3.63, 3.8) is 0 Å².